The standard InChI is InChI=1S/C24H23F3N4O5S/c25-24(26,27)10-2-9-23(34)11-13-31(14-12-23)22(33)16-5-7-17(8-6-16)30-37(35,36)19-4-1-3-18-20(19)28-15-29-21(18)32/h1-9,15,30,34H,10-14H2,(H,28,29,32). The van der Waals surface area contributed by atoms with Crippen LogP contribution in [0.1, 0.15) is 29.6 Å². The molecule has 3 aromatic rings. The SMILES string of the molecule is O=C(c1ccc(NS(=O)(=O)c2cccc3c(O)ncnc23)cc1)N1CCC(O)(C=CCC(F)(F)F)CC1. The topological polar surface area (TPSA) is 133 Å². The average Bonchev–Trinajstić information content (AvgIpc) is 2.83. The van der Waals surface area contributed by atoms with Gasteiger partial charge < -0.3 is 15.1 Å². The van der Waals surface area contributed by atoms with Gasteiger partial charge in [-0.15, -0.1) is 0 Å². The van der Waals surface area contributed by atoms with Gasteiger partial charge >= 0.3 is 6.18 Å². The molecule has 1 aromatic heterocycles. The van der Waals surface area contributed by atoms with Crippen molar-refractivity contribution in [3.8, 4) is 5.88 Å². The summed E-state index contributed by atoms with van der Waals surface area (Å²) in [5.74, 6) is -0.699. The van der Waals surface area contributed by atoms with E-state index >= 15 is 0 Å². The van der Waals surface area contributed by atoms with Crippen molar-refractivity contribution < 1.29 is 36.6 Å². The molecule has 1 fully saturated rings. The fraction of sp³-hybridized carbons (Fsp3) is 0.292. The van der Waals surface area contributed by atoms with Crippen molar-refractivity contribution in [1.82, 2.24) is 14.9 Å². The molecule has 3 N–H and O–H groups in total. The second-order valence-corrected chi connectivity index (χ2v) is 10.3. The van der Waals surface area contributed by atoms with E-state index in [1.54, 1.807) is 0 Å². The van der Waals surface area contributed by atoms with Crippen molar-refractivity contribution in [3.63, 3.8) is 0 Å². The summed E-state index contributed by atoms with van der Waals surface area (Å²) in [6.07, 6.45) is -2.21. The minimum atomic E-state index is -4.35. The number of halogens is 3. The van der Waals surface area contributed by atoms with E-state index in [2.05, 4.69) is 14.7 Å². The van der Waals surface area contributed by atoms with Gasteiger partial charge in [0.1, 0.15) is 11.2 Å². The van der Waals surface area contributed by atoms with Crippen LogP contribution in [0.5, 0.6) is 5.88 Å². The van der Waals surface area contributed by atoms with E-state index in [9.17, 15) is 36.6 Å². The highest BCUT2D eigenvalue weighted by atomic mass is 32.2. The molecule has 13 heteroatoms. The third-order valence-electron chi connectivity index (χ3n) is 5.97. The van der Waals surface area contributed by atoms with Gasteiger partial charge in [-0.1, -0.05) is 18.2 Å². The third-order valence-corrected chi connectivity index (χ3v) is 7.39. The predicted molar refractivity (Wildman–Crippen MR) is 128 cm³/mol. The van der Waals surface area contributed by atoms with Crippen molar-refractivity contribution in [1.29, 1.82) is 0 Å². The van der Waals surface area contributed by atoms with Gasteiger partial charge in [-0.3, -0.25) is 9.52 Å². The van der Waals surface area contributed by atoms with Crippen LogP contribution in [0, 0.1) is 0 Å². The zero-order valence-corrected chi connectivity index (χ0v) is 20.1. The number of nitrogens with zero attached hydrogens (tertiary/aromatic N) is 3. The van der Waals surface area contributed by atoms with Crippen LogP contribution in [0.4, 0.5) is 18.9 Å². The molecule has 4 rings (SSSR count). The zero-order valence-electron chi connectivity index (χ0n) is 19.3. The van der Waals surface area contributed by atoms with Crippen LogP contribution < -0.4 is 4.72 Å². The lowest BCUT2D eigenvalue weighted by atomic mass is 9.90. The minimum Gasteiger partial charge on any atom is -0.493 e. The maximum Gasteiger partial charge on any atom is 0.392 e. The molecule has 0 spiro atoms. The van der Waals surface area contributed by atoms with E-state index < -0.39 is 28.2 Å². The van der Waals surface area contributed by atoms with Crippen LogP contribution in [-0.2, 0) is 10.0 Å². The first-order chi connectivity index (χ1) is 17.4. The average molecular weight is 537 g/mol. The number of alkyl halides is 3. The summed E-state index contributed by atoms with van der Waals surface area (Å²) in [5, 5.41) is 20.5. The summed E-state index contributed by atoms with van der Waals surface area (Å²) in [7, 11) is -4.09. The number of aromatic nitrogens is 2. The molecular weight excluding hydrogens is 513 g/mol. The second kappa shape index (κ2) is 9.98. The van der Waals surface area contributed by atoms with Crippen molar-refractivity contribution in [2.45, 2.75) is 35.9 Å². The number of rotatable bonds is 6. The summed E-state index contributed by atoms with van der Waals surface area (Å²) in [4.78, 5) is 21.8. The van der Waals surface area contributed by atoms with Crippen LogP contribution in [0.15, 0.2) is 65.8 Å². The van der Waals surface area contributed by atoms with Crippen LogP contribution in [-0.4, -0.2) is 64.3 Å². The van der Waals surface area contributed by atoms with E-state index in [-0.39, 0.29) is 64.8 Å². The quantitative estimate of drug-likeness (QED) is 0.410. The first kappa shape index (κ1) is 26.4. The first-order valence-corrected chi connectivity index (χ1v) is 12.7. The Bertz CT molecular complexity index is 1440. The number of fused-ring (bicyclic) bond motifs is 1. The van der Waals surface area contributed by atoms with E-state index in [0.29, 0.717) is 0 Å². The highest BCUT2D eigenvalue weighted by molar-refractivity contribution is 7.93. The van der Waals surface area contributed by atoms with Gasteiger partial charge in [-0.25, -0.2) is 18.4 Å². The van der Waals surface area contributed by atoms with Gasteiger partial charge in [0.15, 0.2) is 0 Å². The van der Waals surface area contributed by atoms with Crippen LogP contribution in [0.2, 0.25) is 0 Å². The maximum atomic E-state index is 13.0. The number of allylic oxidation sites excluding steroid dienone is 1. The van der Waals surface area contributed by atoms with Crippen molar-refractivity contribution in [3.05, 3.63) is 66.5 Å². The number of anilines is 1. The Morgan fingerprint density at radius 3 is 2.43 bits per heavy atom. The summed E-state index contributed by atoms with van der Waals surface area (Å²) in [6.45, 7) is 0.297. The Morgan fingerprint density at radius 1 is 1.11 bits per heavy atom. The number of sulfonamides is 1. The van der Waals surface area contributed by atoms with E-state index in [4.69, 9.17) is 0 Å². The number of piperidine rings is 1. The highest BCUT2D eigenvalue weighted by Gasteiger charge is 2.33. The Morgan fingerprint density at radius 2 is 1.78 bits per heavy atom. The molecule has 0 saturated carbocycles. The molecule has 2 aromatic carbocycles. The van der Waals surface area contributed by atoms with Gasteiger partial charge in [-0.05, 0) is 49.2 Å². The number of aliphatic hydroxyl groups is 1. The Kier molecular flexibility index (Phi) is 7.11. The lowest BCUT2D eigenvalue weighted by Gasteiger charge is -2.36. The largest absolute Gasteiger partial charge is 0.493 e. The lowest BCUT2D eigenvalue weighted by molar-refractivity contribution is -0.125. The smallest absolute Gasteiger partial charge is 0.392 e. The fourth-order valence-corrected chi connectivity index (χ4v) is 5.24. The minimum absolute atomic E-state index is 0.0487. The second-order valence-electron chi connectivity index (χ2n) is 8.65. The molecule has 0 unspecified atom stereocenters. The van der Waals surface area contributed by atoms with Crippen molar-refractivity contribution in [2.75, 3.05) is 17.8 Å². The molecule has 0 aliphatic carbocycles. The molecule has 196 valence electrons. The zero-order chi connectivity index (χ0) is 26.8. The molecule has 0 radical (unpaired) electrons. The molecule has 0 bridgehead atoms. The number of hydrogen-bond acceptors (Lipinski definition) is 7. The highest BCUT2D eigenvalue weighted by Crippen LogP contribution is 2.29. The molecule has 1 aliphatic heterocycles. The normalized spacial score (nSPS) is 16.3. The number of hydrogen-bond donors (Lipinski definition) is 3. The summed E-state index contributed by atoms with van der Waals surface area (Å²) < 4.78 is 65.3. The number of amides is 1. The monoisotopic (exact) mass is 536 g/mol. The van der Waals surface area contributed by atoms with E-state index in [1.807, 2.05) is 0 Å². The number of carbonyl (C=O) groups is 1. The molecule has 37 heavy (non-hydrogen) atoms. The molecule has 1 aliphatic rings. The number of aromatic hydroxyl groups is 1. The number of nitrogens with one attached hydrogen (secondary N) is 1. The number of likely N-dealkylation sites (tertiary alicyclic amines) is 1. The van der Waals surface area contributed by atoms with Gasteiger partial charge in [0.2, 0.25) is 5.88 Å². The number of benzene rings is 2. The summed E-state index contributed by atoms with van der Waals surface area (Å²) in [6, 6.07) is 10.0. The third kappa shape index (κ3) is 6.17. The number of para-hydroxylation sites is 1. The van der Waals surface area contributed by atoms with E-state index in [0.717, 1.165) is 18.5 Å². The first-order valence-electron chi connectivity index (χ1n) is 11.2. The molecule has 1 amide bonds. The maximum absolute atomic E-state index is 13.0. The Hall–Kier alpha value is -3.71. The van der Waals surface area contributed by atoms with Crippen molar-refractivity contribution >= 4 is 32.5 Å². The lowest BCUT2D eigenvalue weighted by Crippen LogP contribution is -2.45. The van der Waals surface area contributed by atoms with Crippen LogP contribution in [0.3, 0.4) is 0 Å². The molecule has 2 heterocycles. The fourth-order valence-electron chi connectivity index (χ4n) is 4.01. The molecule has 9 nitrogen and oxygen atoms in total. The Labute approximate surface area is 210 Å². The molecular formula is C24H23F3N4O5S. The Balaban J connectivity index is 1.41. The summed E-state index contributed by atoms with van der Waals surface area (Å²) in [5.41, 5.74) is -0.890. The number of carbonyl (C=O) groups excluding carboxylic acids is 1. The molecule has 1 saturated heterocycles. The van der Waals surface area contributed by atoms with Crippen LogP contribution in [0.25, 0.3) is 10.9 Å². The predicted octanol–water partition coefficient (Wildman–Crippen LogP) is 3.61. The summed E-state index contributed by atoms with van der Waals surface area (Å²) >= 11 is 0. The van der Waals surface area contributed by atoms with E-state index in [1.165, 1.54) is 47.4 Å². The van der Waals surface area contributed by atoms with Crippen molar-refractivity contribution in [2.24, 2.45) is 0 Å². The van der Waals surface area contributed by atoms with Gasteiger partial charge in [0.05, 0.1) is 22.9 Å². The van der Waals surface area contributed by atoms with Crippen LogP contribution >= 0.6 is 0 Å². The van der Waals surface area contributed by atoms with Gasteiger partial charge in [0, 0.05) is 24.3 Å². The van der Waals surface area contributed by atoms with Gasteiger partial charge in [0.25, 0.3) is 15.9 Å². The van der Waals surface area contributed by atoms with Gasteiger partial charge in [-0.2, -0.15) is 13.2 Å². The molecule has 0 atom stereocenters.